The molecule has 0 saturated heterocycles. The van der Waals surface area contributed by atoms with Gasteiger partial charge in [0, 0.05) is 23.1 Å². The van der Waals surface area contributed by atoms with Crippen LogP contribution in [0, 0.1) is 28.4 Å². The first-order chi connectivity index (χ1) is 11.5. The summed E-state index contributed by atoms with van der Waals surface area (Å²) in [7, 11) is 0. The molecule has 0 aliphatic rings. The van der Waals surface area contributed by atoms with Crippen LogP contribution in [0.4, 0.5) is 10.7 Å². The third kappa shape index (κ3) is 3.86. The summed E-state index contributed by atoms with van der Waals surface area (Å²) in [6, 6.07) is 8.02. The molecule has 0 atom stereocenters. The highest BCUT2D eigenvalue weighted by Gasteiger charge is 2.15. The van der Waals surface area contributed by atoms with Gasteiger partial charge in [-0.05, 0) is 42.7 Å². The summed E-state index contributed by atoms with van der Waals surface area (Å²) in [6.07, 6.45) is 3.63. The maximum Gasteiger partial charge on any atom is 0.269 e. The van der Waals surface area contributed by atoms with Gasteiger partial charge in [0.05, 0.1) is 10.5 Å². The molecule has 2 rings (SSSR count). The van der Waals surface area contributed by atoms with E-state index < -0.39 is 4.92 Å². The fraction of sp³-hybridized carbons (Fsp3) is 0.176. The highest BCUT2D eigenvalue weighted by atomic mass is 32.1. The van der Waals surface area contributed by atoms with Crippen molar-refractivity contribution in [2.75, 3.05) is 5.32 Å². The number of carbonyl (C=O) groups excluding carboxylic acids is 1. The minimum Gasteiger partial charge on any atom is -0.313 e. The summed E-state index contributed by atoms with van der Waals surface area (Å²) >= 11 is 1.38. The third-order valence-electron chi connectivity index (χ3n) is 3.44. The number of nitriles is 1. The number of carbonyl (C=O) groups is 1. The number of nitro benzene ring substituents is 1. The minimum absolute atomic E-state index is 0.00332. The predicted octanol–water partition coefficient (Wildman–Crippen LogP) is 4.05. The minimum atomic E-state index is -0.478. The molecule has 6 nitrogen and oxygen atoms in total. The lowest BCUT2D eigenvalue weighted by Crippen LogP contribution is -2.07. The Kier molecular flexibility index (Phi) is 5.45. The average molecular weight is 341 g/mol. The van der Waals surface area contributed by atoms with Gasteiger partial charge in [-0.1, -0.05) is 6.92 Å². The van der Waals surface area contributed by atoms with Crippen LogP contribution in [0.2, 0.25) is 0 Å². The molecule has 24 heavy (non-hydrogen) atoms. The largest absolute Gasteiger partial charge is 0.313 e. The summed E-state index contributed by atoms with van der Waals surface area (Å²) < 4.78 is 0. The van der Waals surface area contributed by atoms with Crippen molar-refractivity contribution in [3.8, 4) is 6.07 Å². The molecule has 1 heterocycles. The topological polar surface area (TPSA) is 96.0 Å². The Morgan fingerprint density at radius 1 is 1.42 bits per heavy atom. The Labute approximate surface area is 143 Å². The van der Waals surface area contributed by atoms with E-state index >= 15 is 0 Å². The van der Waals surface area contributed by atoms with E-state index in [1.165, 1.54) is 29.5 Å². The Morgan fingerprint density at radius 2 is 2.08 bits per heavy atom. The van der Waals surface area contributed by atoms with E-state index in [1.54, 1.807) is 18.2 Å². The number of aryl methyl sites for hydroxylation is 1. The maximum atomic E-state index is 12.0. The van der Waals surface area contributed by atoms with Gasteiger partial charge in [-0.2, -0.15) is 5.26 Å². The summed E-state index contributed by atoms with van der Waals surface area (Å²) in [5, 5.41) is 23.1. The first kappa shape index (κ1) is 17.4. The Balaban J connectivity index is 2.11. The first-order valence-corrected chi connectivity index (χ1v) is 8.03. The maximum absolute atomic E-state index is 12.0. The molecule has 0 fully saturated rings. The van der Waals surface area contributed by atoms with Crippen LogP contribution in [0.1, 0.15) is 28.5 Å². The lowest BCUT2D eigenvalue weighted by Gasteiger charge is -2.00. The number of rotatable bonds is 5. The van der Waals surface area contributed by atoms with E-state index in [2.05, 4.69) is 11.4 Å². The van der Waals surface area contributed by atoms with Gasteiger partial charge in [0.15, 0.2) is 0 Å². The number of hydrogen-bond acceptors (Lipinski definition) is 5. The number of thiophene rings is 1. The first-order valence-electron chi connectivity index (χ1n) is 7.22. The SMILES string of the molecule is CCc1c(C)sc(NC(=O)C=Cc2ccc([N+](=O)[O-])cc2)c1C#N. The quantitative estimate of drug-likeness (QED) is 0.504. The molecule has 2 aromatic rings. The molecule has 1 aromatic heterocycles. The summed E-state index contributed by atoms with van der Waals surface area (Å²) in [5.74, 6) is -0.353. The molecule has 0 bridgehead atoms. The standard InChI is InChI=1S/C17H15N3O3S/c1-3-14-11(2)24-17(15(14)10-18)19-16(21)9-6-12-4-7-13(8-5-12)20(22)23/h4-9H,3H2,1-2H3,(H,19,21). The van der Waals surface area contributed by atoms with Crippen LogP contribution in [0.15, 0.2) is 30.3 Å². The zero-order chi connectivity index (χ0) is 17.7. The van der Waals surface area contributed by atoms with Crippen LogP contribution in [-0.2, 0) is 11.2 Å². The van der Waals surface area contributed by atoms with Crippen molar-refractivity contribution < 1.29 is 9.72 Å². The van der Waals surface area contributed by atoms with Crippen LogP contribution in [0.5, 0.6) is 0 Å². The second-order valence-corrected chi connectivity index (χ2v) is 6.20. The number of nitro groups is 1. The van der Waals surface area contributed by atoms with Crippen LogP contribution in [0.25, 0.3) is 6.08 Å². The molecule has 0 aliphatic heterocycles. The van der Waals surface area contributed by atoms with E-state index in [-0.39, 0.29) is 11.6 Å². The molecular formula is C17H15N3O3S. The van der Waals surface area contributed by atoms with Gasteiger partial charge >= 0.3 is 0 Å². The average Bonchev–Trinajstić information content (AvgIpc) is 2.87. The second kappa shape index (κ2) is 7.53. The Morgan fingerprint density at radius 3 is 2.62 bits per heavy atom. The molecular weight excluding hydrogens is 326 g/mol. The summed E-state index contributed by atoms with van der Waals surface area (Å²) in [5.41, 5.74) is 2.14. The normalized spacial score (nSPS) is 10.5. The lowest BCUT2D eigenvalue weighted by atomic mass is 10.1. The zero-order valence-corrected chi connectivity index (χ0v) is 14.0. The molecule has 122 valence electrons. The van der Waals surface area contributed by atoms with Gasteiger partial charge < -0.3 is 5.32 Å². The smallest absolute Gasteiger partial charge is 0.269 e. The van der Waals surface area contributed by atoms with Crippen molar-refractivity contribution in [1.82, 2.24) is 0 Å². The van der Waals surface area contributed by atoms with Gasteiger partial charge in [-0.15, -0.1) is 11.3 Å². The number of non-ortho nitro benzene ring substituents is 1. The third-order valence-corrected chi connectivity index (χ3v) is 4.51. The Bertz CT molecular complexity index is 845. The van der Waals surface area contributed by atoms with Crippen LogP contribution in [-0.4, -0.2) is 10.8 Å². The molecule has 0 saturated carbocycles. The number of nitrogens with one attached hydrogen (secondary N) is 1. The van der Waals surface area contributed by atoms with Crippen molar-refractivity contribution in [3.63, 3.8) is 0 Å². The molecule has 7 heteroatoms. The summed E-state index contributed by atoms with van der Waals surface area (Å²) in [4.78, 5) is 23.2. The lowest BCUT2D eigenvalue weighted by molar-refractivity contribution is -0.384. The molecule has 0 unspecified atom stereocenters. The van der Waals surface area contributed by atoms with E-state index in [9.17, 15) is 20.2 Å². The molecule has 1 amide bonds. The van der Waals surface area contributed by atoms with Gasteiger partial charge in [0.25, 0.3) is 5.69 Å². The van der Waals surface area contributed by atoms with Gasteiger partial charge in [-0.3, -0.25) is 14.9 Å². The molecule has 1 N–H and O–H groups in total. The number of amides is 1. The molecule has 1 aromatic carbocycles. The highest BCUT2D eigenvalue weighted by molar-refractivity contribution is 7.16. The molecule has 0 spiro atoms. The fourth-order valence-corrected chi connectivity index (χ4v) is 3.34. The molecule has 0 aliphatic carbocycles. The monoisotopic (exact) mass is 341 g/mol. The number of nitrogens with zero attached hydrogens (tertiary/aromatic N) is 2. The highest BCUT2D eigenvalue weighted by Crippen LogP contribution is 2.32. The Hall–Kier alpha value is -2.98. The van der Waals surface area contributed by atoms with Crippen LogP contribution < -0.4 is 5.32 Å². The molecule has 0 radical (unpaired) electrons. The predicted molar refractivity (Wildman–Crippen MR) is 93.9 cm³/mol. The summed E-state index contributed by atoms with van der Waals surface area (Å²) in [6.45, 7) is 3.89. The van der Waals surface area contributed by atoms with Crippen molar-refractivity contribution >= 4 is 34.0 Å². The van der Waals surface area contributed by atoms with Crippen molar-refractivity contribution in [1.29, 1.82) is 5.26 Å². The zero-order valence-electron chi connectivity index (χ0n) is 13.2. The van der Waals surface area contributed by atoms with E-state index in [0.717, 1.165) is 16.9 Å². The van der Waals surface area contributed by atoms with Crippen molar-refractivity contribution in [2.24, 2.45) is 0 Å². The van der Waals surface area contributed by atoms with Crippen LogP contribution >= 0.6 is 11.3 Å². The number of anilines is 1. The number of benzene rings is 1. The fourth-order valence-electron chi connectivity index (χ4n) is 2.24. The van der Waals surface area contributed by atoms with E-state index in [4.69, 9.17) is 0 Å². The van der Waals surface area contributed by atoms with Crippen molar-refractivity contribution in [2.45, 2.75) is 20.3 Å². The van der Waals surface area contributed by atoms with E-state index in [0.29, 0.717) is 16.1 Å². The number of hydrogen-bond donors (Lipinski definition) is 1. The van der Waals surface area contributed by atoms with Crippen molar-refractivity contribution in [3.05, 3.63) is 62.0 Å². The van der Waals surface area contributed by atoms with Crippen LogP contribution in [0.3, 0.4) is 0 Å². The van der Waals surface area contributed by atoms with Gasteiger partial charge in [0.2, 0.25) is 5.91 Å². The second-order valence-electron chi connectivity index (χ2n) is 4.98. The van der Waals surface area contributed by atoms with Gasteiger partial charge in [0.1, 0.15) is 11.1 Å². The van der Waals surface area contributed by atoms with Gasteiger partial charge in [-0.25, -0.2) is 0 Å². The van der Waals surface area contributed by atoms with E-state index in [1.807, 2.05) is 13.8 Å².